The smallest absolute Gasteiger partial charge is 0.212 e. The first kappa shape index (κ1) is 24.0. The molecule has 3 nitrogen and oxygen atoms in total. The Bertz CT molecular complexity index is 756. The molecule has 0 amide bonds. The van der Waals surface area contributed by atoms with Crippen LogP contribution in [-0.2, 0) is 15.8 Å². The molecule has 0 N–H and O–H groups in total. The van der Waals surface area contributed by atoms with Crippen LogP contribution in [0.5, 0.6) is 0 Å². The van der Waals surface area contributed by atoms with Crippen LogP contribution in [0.15, 0.2) is 64.7 Å². The van der Waals surface area contributed by atoms with Crippen molar-refractivity contribution in [2.45, 2.75) is 45.3 Å². The highest BCUT2D eigenvalue weighted by Gasteiger charge is 2.21. The fourth-order valence-corrected chi connectivity index (χ4v) is 4.86. The molecule has 0 aromatic heterocycles. The van der Waals surface area contributed by atoms with Crippen molar-refractivity contribution in [3.8, 4) is 0 Å². The van der Waals surface area contributed by atoms with Gasteiger partial charge >= 0.3 is 0 Å². The maximum atomic E-state index is 12.8. The maximum absolute atomic E-state index is 12.8. The summed E-state index contributed by atoms with van der Waals surface area (Å²) in [6.07, 6.45) is 6.39. The van der Waals surface area contributed by atoms with Gasteiger partial charge in [0.05, 0.1) is 5.75 Å². The van der Waals surface area contributed by atoms with E-state index in [9.17, 15) is 8.42 Å². The normalized spacial score (nSPS) is 13.6. The molecule has 0 aliphatic rings. The lowest BCUT2D eigenvalue weighted by molar-refractivity contribution is 0.399. The van der Waals surface area contributed by atoms with Crippen molar-refractivity contribution in [3.63, 3.8) is 0 Å². The van der Waals surface area contributed by atoms with Crippen LogP contribution in [0, 0.1) is 0 Å². The molecule has 0 spiro atoms. The van der Waals surface area contributed by atoms with E-state index in [1.54, 1.807) is 16.5 Å². The number of rotatable bonds is 12. The van der Waals surface area contributed by atoms with Gasteiger partial charge in [0, 0.05) is 23.2 Å². The molecule has 1 aromatic rings. The zero-order chi connectivity index (χ0) is 20.3. The molecule has 0 atom stereocenters. The van der Waals surface area contributed by atoms with Crippen molar-refractivity contribution in [2.75, 3.05) is 13.1 Å². The van der Waals surface area contributed by atoms with Crippen LogP contribution < -0.4 is 0 Å². The van der Waals surface area contributed by atoms with Gasteiger partial charge in [-0.1, -0.05) is 79.2 Å². The van der Waals surface area contributed by atoms with E-state index >= 15 is 0 Å². The molecule has 1 rings (SSSR count). The van der Waals surface area contributed by atoms with Crippen molar-refractivity contribution in [2.24, 2.45) is 0 Å². The van der Waals surface area contributed by atoms with Crippen molar-refractivity contribution >= 4 is 33.2 Å². The second kappa shape index (κ2) is 12.4. The average molecular weight is 430 g/mol. The van der Waals surface area contributed by atoms with E-state index in [-0.39, 0.29) is 5.75 Å². The molecule has 6 heteroatoms. The summed E-state index contributed by atoms with van der Waals surface area (Å²) in [7, 11) is -3.34. The van der Waals surface area contributed by atoms with Crippen LogP contribution in [0.1, 0.15) is 45.1 Å². The second-order valence-electron chi connectivity index (χ2n) is 6.27. The van der Waals surface area contributed by atoms with Gasteiger partial charge in [-0.2, -0.15) is 0 Å². The first-order valence-corrected chi connectivity index (χ1v) is 11.6. The van der Waals surface area contributed by atoms with Crippen LogP contribution in [0.4, 0.5) is 0 Å². The number of unbranched alkanes of at least 4 members (excludes halogenated alkanes) is 1. The molecule has 27 heavy (non-hydrogen) atoms. The monoisotopic (exact) mass is 429 g/mol. The minimum Gasteiger partial charge on any atom is -0.212 e. The van der Waals surface area contributed by atoms with Gasteiger partial charge in [0.25, 0.3) is 0 Å². The summed E-state index contributed by atoms with van der Waals surface area (Å²) < 4.78 is 27.2. The van der Waals surface area contributed by atoms with Gasteiger partial charge in [-0.25, -0.2) is 12.7 Å². The molecule has 0 heterocycles. The number of nitrogens with zero attached hydrogens (tertiary/aromatic N) is 1. The summed E-state index contributed by atoms with van der Waals surface area (Å²) >= 11 is 12.4. The van der Waals surface area contributed by atoms with Gasteiger partial charge in [-0.05, 0) is 43.7 Å². The zero-order valence-corrected chi connectivity index (χ0v) is 18.5. The Labute approximate surface area is 174 Å². The first-order chi connectivity index (χ1) is 12.9. The quantitative estimate of drug-likeness (QED) is 0.292. The molecule has 0 aliphatic carbocycles. The van der Waals surface area contributed by atoms with Crippen LogP contribution >= 0.6 is 23.2 Å². The molecule has 0 unspecified atom stereocenters. The Balaban J connectivity index is 2.71. The Kier molecular flexibility index (Phi) is 11.0. The number of hydrogen-bond acceptors (Lipinski definition) is 2. The van der Waals surface area contributed by atoms with Crippen LogP contribution in [0.3, 0.4) is 0 Å². The van der Waals surface area contributed by atoms with Crippen LogP contribution in [0.25, 0.3) is 0 Å². The maximum Gasteiger partial charge on any atom is 0.218 e. The largest absolute Gasteiger partial charge is 0.218 e. The predicted octanol–water partition coefficient (Wildman–Crippen LogP) is 6.22. The van der Waals surface area contributed by atoms with Crippen molar-refractivity contribution in [1.82, 2.24) is 4.31 Å². The summed E-state index contributed by atoms with van der Waals surface area (Å²) in [6, 6.07) is 9.29. The minimum atomic E-state index is -3.34. The third kappa shape index (κ3) is 8.22. The van der Waals surface area contributed by atoms with Crippen LogP contribution in [0.2, 0.25) is 0 Å². The molecule has 0 saturated heterocycles. The summed E-state index contributed by atoms with van der Waals surface area (Å²) in [6.45, 7) is 8.56. The van der Waals surface area contributed by atoms with Crippen molar-refractivity contribution in [3.05, 3.63) is 70.3 Å². The van der Waals surface area contributed by atoms with Crippen molar-refractivity contribution < 1.29 is 8.42 Å². The van der Waals surface area contributed by atoms with E-state index in [1.165, 1.54) is 0 Å². The molecule has 0 aliphatic heterocycles. The van der Waals surface area contributed by atoms with E-state index in [2.05, 4.69) is 6.58 Å². The Morgan fingerprint density at radius 1 is 1.15 bits per heavy atom. The summed E-state index contributed by atoms with van der Waals surface area (Å²) in [4.78, 5) is 0. The SMILES string of the molecule is C=C/C(Cl)=C(CCCCN(CCC)S(=O)(=O)Cc1ccccc1)\C(Cl)=C/C. The number of benzene rings is 1. The van der Waals surface area contributed by atoms with Gasteiger partial charge in [0.1, 0.15) is 0 Å². The highest BCUT2D eigenvalue weighted by molar-refractivity contribution is 7.88. The molecule has 0 radical (unpaired) electrons. The molecular weight excluding hydrogens is 401 g/mol. The summed E-state index contributed by atoms with van der Waals surface area (Å²) in [5.41, 5.74) is 1.66. The lowest BCUT2D eigenvalue weighted by atomic mass is 10.1. The summed E-state index contributed by atoms with van der Waals surface area (Å²) in [5.74, 6) is 0.0334. The molecular formula is C21H29Cl2NO2S. The van der Waals surface area contributed by atoms with Gasteiger partial charge in [-0.3, -0.25) is 0 Å². The Morgan fingerprint density at radius 2 is 1.81 bits per heavy atom. The lowest BCUT2D eigenvalue weighted by Crippen LogP contribution is -2.33. The Hall–Kier alpha value is -1.07. The topological polar surface area (TPSA) is 37.4 Å². The van der Waals surface area contributed by atoms with Gasteiger partial charge in [0.2, 0.25) is 10.0 Å². The van der Waals surface area contributed by atoms with Gasteiger partial charge < -0.3 is 0 Å². The third-order valence-corrected chi connectivity index (χ3v) is 6.83. The Morgan fingerprint density at radius 3 is 2.37 bits per heavy atom. The van der Waals surface area contributed by atoms with Crippen molar-refractivity contribution in [1.29, 1.82) is 0 Å². The highest BCUT2D eigenvalue weighted by atomic mass is 35.5. The standard InChI is InChI=1S/C21H29Cl2NO2S/c1-4-15-24(27(25,26)17-18-12-8-7-9-13-18)16-11-10-14-19(20(22)5-2)21(23)6-3/h5-9,12-13H,2,4,10-11,14-17H2,1,3H3/b20-19+,21-6+. The van der Waals surface area contributed by atoms with E-state index in [4.69, 9.17) is 23.2 Å². The third-order valence-electron chi connectivity index (χ3n) is 4.15. The number of hydrogen-bond donors (Lipinski definition) is 0. The second-order valence-corrected chi connectivity index (χ2v) is 9.05. The predicted molar refractivity (Wildman–Crippen MR) is 117 cm³/mol. The number of allylic oxidation sites excluding steroid dienone is 5. The van der Waals surface area contributed by atoms with Crippen LogP contribution in [-0.4, -0.2) is 25.8 Å². The average Bonchev–Trinajstić information content (AvgIpc) is 2.66. The molecule has 150 valence electrons. The molecule has 0 fully saturated rings. The van der Waals surface area contributed by atoms with Gasteiger partial charge in [0.15, 0.2) is 0 Å². The lowest BCUT2D eigenvalue weighted by Gasteiger charge is -2.22. The van der Waals surface area contributed by atoms with E-state index in [0.29, 0.717) is 29.6 Å². The number of halogens is 2. The number of sulfonamides is 1. The van der Waals surface area contributed by atoms with E-state index in [1.807, 2.05) is 44.2 Å². The summed E-state index contributed by atoms with van der Waals surface area (Å²) in [5, 5.41) is 1.15. The van der Waals surface area contributed by atoms with E-state index < -0.39 is 10.0 Å². The highest BCUT2D eigenvalue weighted by Crippen LogP contribution is 2.27. The van der Waals surface area contributed by atoms with Gasteiger partial charge in [-0.15, -0.1) is 0 Å². The van der Waals surface area contributed by atoms with E-state index in [0.717, 1.165) is 30.4 Å². The fourth-order valence-electron chi connectivity index (χ4n) is 2.76. The first-order valence-electron chi connectivity index (χ1n) is 9.20. The molecule has 0 bridgehead atoms. The molecule has 1 aromatic carbocycles. The fraction of sp³-hybridized carbons (Fsp3) is 0.429. The zero-order valence-electron chi connectivity index (χ0n) is 16.1. The minimum absolute atomic E-state index is 0.0334. The molecule has 0 saturated carbocycles.